The Morgan fingerprint density at radius 1 is 1.32 bits per heavy atom. The van der Waals surface area contributed by atoms with Crippen LogP contribution in [0.5, 0.6) is 0 Å². The summed E-state index contributed by atoms with van der Waals surface area (Å²) in [6.07, 6.45) is 0.961. The summed E-state index contributed by atoms with van der Waals surface area (Å²) in [4.78, 5) is 27.0. The molecular formula is C12H17N3O4. The number of amides is 2. The summed E-state index contributed by atoms with van der Waals surface area (Å²) in [5.74, 6) is -1.23. The Labute approximate surface area is 111 Å². The van der Waals surface area contributed by atoms with Crippen LogP contribution in [0.15, 0.2) is 18.3 Å². The maximum Gasteiger partial charge on any atom is 0.314 e. The molecule has 2 N–H and O–H groups in total. The first kappa shape index (κ1) is 15.1. The summed E-state index contributed by atoms with van der Waals surface area (Å²) in [7, 11) is 2.88. The van der Waals surface area contributed by atoms with Gasteiger partial charge in [-0.2, -0.15) is 0 Å². The van der Waals surface area contributed by atoms with Crippen LogP contribution in [0.3, 0.4) is 0 Å². The van der Waals surface area contributed by atoms with E-state index in [2.05, 4.69) is 15.6 Å². The van der Waals surface area contributed by atoms with Gasteiger partial charge in [0.05, 0.1) is 6.54 Å². The number of aryl methyl sites for hydroxylation is 1. The highest BCUT2D eigenvalue weighted by atomic mass is 16.7. The fourth-order valence-corrected chi connectivity index (χ4v) is 1.30. The number of carbonyl (C=O) groups excluding carboxylic acids is 2. The highest BCUT2D eigenvalue weighted by Crippen LogP contribution is 2.04. The molecule has 19 heavy (non-hydrogen) atoms. The minimum atomic E-state index is -0.788. The molecule has 0 saturated heterocycles. The number of hydrogen-bond acceptors (Lipinski definition) is 5. The van der Waals surface area contributed by atoms with Gasteiger partial charge in [0, 0.05) is 20.4 Å². The first-order chi connectivity index (χ1) is 9.06. The molecule has 0 fully saturated rings. The van der Waals surface area contributed by atoms with E-state index in [1.54, 1.807) is 18.3 Å². The molecule has 0 spiro atoms. The van der Waals surface area contributed by atoms with E-state index in [9.17, 15) is 9.59 Å². The van der Waals surface area contributed by atoms with E-state index >= 15 is 0 Å². The lowest BCUT2D eigenvalue weighted by atomic mass is 10.3. The average Bonchev–Trinajstić information content (AvgIpc) is 2.39. The first-order valence-corrected chi connectivity index (χ1v) is 5.64. The number of nitrogens with zero attached hydrogens (tertiary/aromatic N) is 1. The highest BCUT2D eigenvalue weighted by Gasteiger charge is 2.16. The molecule has 2 amide bonds. The summed E-state index contributed by atoms with van der Waals surface area (Å²) in [6, 6.07) is 3.45. The number of pyridine rings is 1. The molecule has 1 rings (SSSR count). The minimum absolute atomic E-state index is 0.0838. The van der Waals surface area contributed by atoms with Crippen LogP contribution in [-0.4, -0.2) is 43.9 Å². The van der Waals surface area contributed by atoms with Gasteiger partial charge in [-0.25, -0.2) is 4.98 Å². The van der Waals surface area contributed by atoms with Crippen molar-refractivity contribution in [2.24, 2.45) is 0 Å². The van der Waals surface area contributed by atoms with Crippen LogP contribution in [0, 0.1) is 6.92 Å². The van der Waals surface area contributed by atoms with E-state index in [1.165, 1.54) is 14.2 Å². The molecule has 0 radical (unpaired) electrons. The summed E-state index contributed by atoms with van der Waals surface area (Å²) in [5.41, 5.74) is 0.935. The van der Waals surface area contributed by atoms with E-state index in [4.69, 9.17) is 9.47 Å². The molecule has 0 unspecified atom stereocenters. The number of methoxy groups -OCH3 is 2. The van der Waals surface area contributed by atoms with Crippen molar-refractivity contribution in [3.8, 4) is 0 Å². The Hall–Kier alpha value is -1.99. The fourth-order valence-electron chi connectivity index (χ4n) is 1.30. The van der Waals surface area contributed by atoms with Gasteiger partial charge in [-0.3, -0.25) is 9.59 Å². The Balaban J connectivity index is 2.47. The maximum absolute atomic E-state index is 11.6. The van der Waals surface area contributed by atoms with Gasteiger partial charge in [0.15, 0.2) is 6.29 Å². The van der Waals surface area contributed by atoms with Crippen LogP contribution in [0.1, 0.15) is 5.56 Å². The number of anilines is 1. The standard InChI is InChI=1S/C12H17N3O4/c1-8-4-5-13-9(6-8)15-12(17)11(16)14-7-10(18-2)19-3/h4-6,10H,7H2,1-3H3,(H,14,16)(H,13,15,17). The van der Waals surface area contributed by atoms with Gasteiger partial charge >= 0.3 is 11.8 Å². The summed E-state index contributed by atoms with van der Waals surface area (Å²) >= 11 is 0. The van der Waals surface area contributed by atoms with Crippen LogP contribution in [0.4, 0.5) is 5.82 Å². The molecular weight excluding hydrogens is 250 g/mol. The molecule has 7 heteroatoms. The van der Waals surface area contributed by atoms with Gasteiger partial charge in [0.25, 0.3) is 0 Å². The number of rotatable bonds is 5. The van der Waals surface area contributed by atoms with Gasteiger partial charge in [-0.1, -0.05) is 0 Å². The Morgan fingerprint density at radius 2 is 2.00 bits per heavy atom. The summed E-state index contributed by atoms with van der Waals surface area (Å²) < 4.78 is 9.77. The van der Waals surface area contributed by atoms with Crippen molar-refractivity contribution in [1.82, 2.24) is 10.3 Å². The number of nitrogens with one attached hydrogen (secondary N) is 2. The first-order valence-electron chi connectivity index (χ1n) is 5.64. The quantitative estimate of drug-likeness (QED) is 0.582. The lowest BCUT2D eigenvalue weighted by Gasteiger charge is -2.13. The van der Waals surface area contributed by atoms with Crippen molar-refractivity contribution in [1.29, 1.82) is 0 Å². The molecule has 0 bridgehead atoms. The van der Waals surface area contributed by atoms with E-state index in [1.807, 2.05) is 6.92 Å². The molecule has 1 aromatic rings. The zero-order valence-corrected chi connectivity index (χ0v) is 11.1. The number of aromatic nitrogens is 1. The molecule has 1 aromatic heterocycles. The molecule has 0 aliphatic carbocycles. The van der Waals surface area contributed by atoms with Gasteiger partial charge < -0.3 is 20.1 Å². The normalized spacial score (nSPS) is 10.3. The van der Waals surface area contributed by atoms with Gasteiger partial charge in [-0.15, -0.1) is 0 Å². The number of hydrogen-bond donors (Lipinski definition) is 2. The van der Waals surface area contributed by atoms with Crippen LogP contribution in [0.25, 0.3) is 0 Å². The van der Waals surface area contributed by atoms with Crippen LogP contribution in [0.2, 0.25) is 0 Å². The lowest BCUT2D eigenvalue weighted by molar-refractivity contribution is -0.139. The molecule has 7 nitrogen and oxygen atoms in total. The predicted molar refractivity (Wildman–Crippen MR) is 68.4 cm³/mol. The van der Waals surface area contributed by atoms with Gasteiger partial charge in [0.2, 0.25) is 0 Å². The molecule has 0 aliphatic heterocycles. The van der Waals surface area contributed by atoms with Crippen molar-refractivity contribution in [3.05, 3.63) is 23.9 Å². The smallest absolute Gasteiger partial charge is 0.314 e. The van der Waals surface area contributed by atoms with E-state index in [0.29, 0.717) is 5.82 Å². The summed E-state index contributed by atoms with van der Waals surface area (Å²) in [6.45, 7) is 1.94. The lowest BCUT2D eigenvalue weighted by Crippen LogP contribution is -2.40. The van der Waals surface area contributed by atoms with Gasteiger partial charge in [-0.05, 0) is 24.6 Å². The van der Waals surface area contributed by atoms with E-state index in [0.717, 1.165) is 5.56 Å². The zero-order chi connectivity index (χ0) is 14.3. The van der Waals surface area contributed by atoms with Crippen LogP contribution in [-0.2, 0) is 19.1 Å². The molecule has 0 atom stereocenters. The predicted octanol–water partition coefficient (Wildman–Crippen LogP) is 0.0636. The number of ether oxygens (including phenoxy) is 2. The highest BCUT2D eigenvalue weighted by molar-refractivity contribution is 6.39. The molecule has 0 aliphatic rings. The third kappa shape index (κ3) is 5.02. The molecule has 104 valence electrons. The Kier molecular flexibility index (Phi) is 5.91. The summed E-state index contributed by atoms with van der Waals surface area (Å²) in [5, 5.41) is 4.79. The van der Waals surface area contributed by atoms with Gasteiger partial charge in [0.1, 0.15) is 5.82 Å². The van der Waals surface area contributed by atoms with Crippen molar-refractivity contribution < 1.29 is 19.1 Å². The largest absolute Gasteiger partial charge is 0.354 e. The average molecular weight is 267 g/mol. The Bertz CT molecular complexity index is 446. The molecule has 0 saturated carbocycles. The second-order valence-electron chi connectivity index (χ2n) is 3.78. The monoisotopic (exact) mass is 267 g/mol. The Morgan fingerprint density at radius 3 is 2.58 bits per heavy atom. The molecule has 0 aromatic carbocycles. The maximum atomic E-state index is 11.6. The topological polar surface area (TPSA) is 89.5 Å². The van der Waals surface area contributed by atoms with Crippen molar-refractivity contribution in [2.45, 2.75) is 13.2 Å². The third-order valence-corrected chi connectivity index (χ3v) is 2.32. The minimum Gasteiger partial charge on any atom is -0.354 e. The fraction of sp³-hybridized carbons (Fsp3) is 0.417. The van der Waals surface area contributed by atoms with Crippen molar-refractivity contribution >= 4 is 17.6 Å². The zero-order valence-electron chi connectivity index (χ0n) is 11.1. The SMILES string of the molecule is COC(CNC(=O)C(=O)Nc1cc(C)ccn1)OC. The van der Waals surface area contributed by atoms with Crippen molar-refractivity contribution in [3.63, 3.8) is 0 Å². The van der Waals surface area contributed by atoms with Crippen molar-refractivity contribution in [2.75, 3.05) is 26.1 Å². The third-order valence-electron chi connectivity index (χ3n) is 2.32. The molecule has 1 heterocycles. The van der Waals surface area contributed by atoms with Crippen LogP contribution < -0.4 is 10.6 Å². The van der Waals surface area contributed by atoms with Crippen LogP contribution >= 0.6 is 0 Å². The second-order valence-corrected chi connectivity index (χ2v) is 3.78. The number of carbonyl (C=O) groups is 2. The van der Waals surface area contributed by atoms with E-state index in [-0.39, 0.29) is 6.54 Å². The second kappa shape index (κ2) is 7.45. The van der Waals surface area contributed by atoms with E-state index < -0.39 is 18.1 Å².